The Morgan fingerprint density at radius 2 is 2.36 bits per heavy atom. The van der Waals surface area contributed by atoms with Crippen LogP contribution in [0.2, 0.25) is 0 Å². The van der Waals surface area contributed by atoms with Gasteiger partial charge in [-0.25, -0.2) is 0 Å². The first kappa shape index (κ1) is 11.5. The largest absolute Gasteiger partial charge is 0.324 e. The zero-order valence-electron chi connectivity index (χ0n) is 7.18. The van der Waals surface area contributed by atoms with E-state index in [9.17, 15) is 4.79 Å². The molecule has 0 unspecified atom stereocenters. The first-order chi connectivity index (χ1) is 6.63. The fourth-order valence-corrected chi connectivity index (χ4v) is 1.72. The molecule has 1 aromatic carbocycles. The molecule has 0 aliphatic carbocycles. The van der Waals surface area contributed by atoms with Gasteiger partial charge in [-0.1, -0.05) is 5.92 Å². The van der Waals surface area contributed by atoms with E-state index in [1.165, 1.54) is 0 Å². The molecule has 0 aliphatic rings. The smallest absolute Gasteiger partial charge is 0.236 e. The zero-order valence-corrected chi connectivity index (χ0v) is 10.9. The molecule has 0 saturated heterocycles. The minimum atomic E-state index is -0.171. The number of nitrogens with one attached hydrogen (secondary N) is 1. The average Bonchev–Trinajstić information content (AvgIpc) is 2.12. The van der Waals surface area contributed by atoms with Gasteiger partial charge < -0.3 is 5.32 Å². The zero-order chi connectivity index (χ0) is 10.6. The van der Waals surface area contributed by atoms with Crippen molar-refractivity contribution in [2.75, 3.05) is 5.32 Å². The van der Waals surface area contributed by atoms with Gasteiger partial charge >= 0.3 is 0 Å². The summed E-state index contributed by atoms with van der Waals surface area (Å²) in [4.78, 5) is 11.2. The Morgan fingerprint density at radius 1 is 1.64 bits per heavy atom. The topological polar surface area (TPSA) is 29.1 Å². The number of hydrogen-bond acceptors (Lipinski definition) is 1. The van der Waals surface area contributed by atoms with Gasteiger partial charge in [0.05, 0.1) is 12.1 Å². The number of amides is 1. The van der Waals surface area contributed by atoms with E-state index in [1.807, 2.05) is 18.2 Å². The Kier molecular flexibility index (Phi) is 4.42. The summed E-state index contributed by atoms with van der Waals surface area (Å²) in [5, 5.41) is 2.72. The van der Waals surface area contributed by atoms with Crippen LogP contribution in [-0.4, -0.2) is 5.91 Å². The summed E-state index contributed by atoms with van der Waals surface area (Å²) in [6.07, 6.45) is 5.12. The third-order valence-corrected chi connectivity index (χ3v) is 2.83. The molecular weight excluding hydrogens is 357 g/mol. The number of terminal acetylenes is 1. The second kappa shape index (κ2) is 5.37. The quantitative estimate of drug-likeness (QED) is 0.635. The van der Waals surface area contributed by atoms with Crippen molar-refractivity contribution in [1.29, 1.82) is 0 Å². The lowest BCUT2D eigenvalue weighted by Crippen LogP contribution is -2.10. The van der Waals surface area contributed by atoms with Gasteiger partial charge in [-0.2, -0.15) is 0 Å². The van der Waals surface area contributed by atoms with Gasteiger partial charge in [0.15, 0.2) is 0 Å². The summed E-state index contributed by atoms with van der Waals surface area (Å²) >= 11 is 5.52. The lowest BCUT2D eigenvalue weighted by Gasteiger charge is -2.05. The molecule has 0 aliphatic heterocycles. The molecule has 72 valence electrons. The van der Waals surface area contributed by atoms with Gasteiger partial charge in [-0.05, 0) is 56.7 Å². The molecule has 0 atom stereocenters. The van der Waals surface area contributed by atoms with Crippen LogP contribution in [0, 0.1) is 15.9 Å². The maximum Gasteiger partial charge on any atom is 0.236 e. The molecule has 1 aromatic rings. The Hall–Kier alpha value is -0.540. The Balaban J connectivity index is 2.81. The first-order valence-electron chi connectivity index (χ1n) is 3.82. The number of halogens is 2. The summed E-state index contributed by atoms with van der Waals surface area (Å²) < 4.78 is 1.91. The summed E-state index contributed by atoms with van der Waals surface area (Å²) in [6.45, 7) is 0. The van der Waals surface area contributed by atoms with E-state index in [0.717, 1.165) is 13.7 Å². The molecule has 1 N–H and O–H groups in total. The summed E-state index contributed by atoms with van der Waals surface area (Å²) in [5.74, 6) is 2.12. The van der Waals surface area contributed by atoms with Crippen LogP contribution < -0.4 is 5.32 Å². The van der Waals surface area contributed by atoms with Crippen molar-refractivity contribution >= 4 is 50.1 Å². The van der Waals surface area contributed by atoms with Crippen LogP contribution in [0.5, 0.6) is 0 Å². The summed E-state index contributed by atoms with van der Waals surface area (Å²) in [6, 6.07) is 5.70. The SMILES string of the molecule is C#CCC(=O)Nc1cc(I)ccc1Br. The number of benzene rings is 1. The molecule has 0 saturated carbocycles. The Bertz CT molecular complexity index is 398. The van der Waals surface area contributed by atoms with E-state index in [1.54, 1.807) is 0 Å². The fourth-order valence-electron chi connectivity index (χ4n) is 0.880. The molecule has 1 amide bonds. The Labute approximate surface area is 105 Å². The van der Waals surface area contributed by atoms with Gasteiger partial charge in [0.25, 0.3) is 0 Å². The van der Waals surface area contributed by atoms with Crippen molar-refractivity contribution < 1.29 is 4.79 Å². The van der Waals surface area contributed by atoms with E-state index < -0.39 is 0 Å². The lowest BCUT2D eigenvalue weighted by atomic mass is 10.3. The molecule has 1 rings (SSSR count). The molecule has 0 fully saturated rings. The lowest BCUT2D eigenvalue weighted by molar-refractivity contribution is -0.115. The predicted molar refractivity (Wildman–Crippen MR) is 68.9 cm³/mol. The number of anilines is 1. The second-order valence-electron chi connectivity index (χ2n) is 2.55. The van der Waals surface area contributed by atoms with Crippen LogP contribution in [0.3, 0.4) is 0 Å². The average molecular weight is 364 g/mol. The van der Waals surface area contributed by atoms with Gasteiger partial charge in [0, 0.05) is 8.04 Å². The molecule has 0 radical (unpaired) electrons. The number of rotatable bonds is 2. The Morgan fingerprint density at radius 3 is 3.00 bits per heavy atom. The van der Waals surface area contributed by atoms with Crippen molar-refractivity contribution in [2.45, 2.75) is 6.42 Å². The van der Waals surface area contributed by atoms with Crippen LogP contribution >= 0.6 is 38.5 Å². The van der Waals surface area contributed by atoms with Crippen LogP contribution in [-0.2, 0) is 4.79 Å². The molecule has 0 heterocycles. The molecular formula is C10H7BrINO. The maximum atomic E-state index is 11.2. The molecule has 0 aromatic heterocycles. The standard InChI is InChI=1S/C10H7BrINO/c1-2-3-10(14)13-9-6-7(12)4-5-8(9)11/h1,4-6H,3H2,(H,13,14). The van der Waals surface area contributed by atoms with E-state index >= 15 is 0 Å². The minimum Gasteiger partial charge on any atom is -0.324 e. The van der Waals surface area contributed by atoms with E-state index in [0.29, 0.717) is 0 Å². The third-order valence-electron chi connectivity index (χ3n) is 1.47. The van der Waals surface area contributed by atoms with Crippen molar-refractivity contribution in [2.24, 2.45) is 0 Å². The van der Waals surface area contributed by atoms with Crippen molar-refractivity contribution in [3.8, 4) is 12.3 Å². The van der Waals surface area contributed by atoms with Crippen LogP contribution in [0.4, 0.5) is 5.69 Å². The predicted octanol–water partition coefficient (Wildman–Crippen LogP) is 3.02. The molecule has 14 heavy (non-hydrogen) atoms. The van der Waals surface area contributed by atoms with Crippen LogP contribution in [0.25, 0.3) is 0 Å². The van der Waals surface area contributed by atoms with E-state index in [2.05, 4.69) is 49.8 Å². The highest BCUT2D eigenvalue weighted by Gasteiger charge is 2.04. The van der Waals surface area contributed by atoms with Crippen molar-refractivity contribution in [1.82, 2.24) is 0 Å². The van der Waals surface area contributed by atoms with Crippen molar-refractivity contribution in [3.63, 3.8) is 0 Å². The van der Waals surface area contributed by atoms with E-state index in [4.69, 9.17) is 6.42 Å². The van der Waals surface area contributed by atoms with Gasteiger partial charge in [0.2, 0.25) is 5.91 Å². The molecule has 4 heteroatoms. The maximum absolute atomic E-state index is 11.2. The first-order valence-corrected chi connectivity index (χ1v) is 5.69. The number of carbonyl (C=O) groups excluding carboxylic acids is 1. The third kappa shape index (κ3) is 3.31. The fraction of sp³-hybridized carbons (Fsp3) is 0.100. The summed E-state index contributed by atoms with van der Waals surface area (Å²) in [7, 11) is 0. The number of hydrogen-bond donors (Lipinski definition) is 1. The monoisotopic (exact) mass is 363 g/mol. The highest BCUT2D eigenvalue weighted by atomic mass is 127. The van der Waals surface area contributed by atoms with E-state index in [-0.39, 0.29) is 12.3 Å². The molecule has 2 nitrogen and oxygen atoms in total. The molecule has 0 spiro atoms. The molecule has 0 bridgehead atoms. The summed E-state index contributed by atoms with van der Waals surface area (Å²) in [5.41, 5.74) is 0.747. The highest BCUT2D eigenvalue weighted by molar-refractivity contribution is 14.1. The van der Waals surface area contributed by atoms with Gasteiger partial charge in [-0.3, -0.25) is 4.79 Å². The highest BCUT2D eigenvalue weighted by Crippen LogP contribution is 2.24. The van der Waals surface area contributed by atoms with Crippen LogP contribution in [0.1, 0.15) is 6.42 Å². The van der Waals surface area contributed by atoms with Gasteiger partial charge in [0.1, 0.15) is 0 Å². The minimum absolute atomic E-state index is 0.0952. The van der Waals surface area contributed by atoms with Gasteiger partial charge in [-0.15, -0.1) is 6.42 Å². The second-order valence-corrected chi connectivity index (χ2v) is 4.65. The van der Waals surface area contributed by atoms with Crippen molar-refractivity contribution in [3.05, 3.63) is 26.2 Å². The normalized spacial score (nSPS) is 9.21. The van der Waals surface area contributed by atoms with Crippen LogP contribution in [0.15, 0.2) is 22.7 Å². The number of carbonyl (C=O) groups is 1.